The molecule has 2 heterocycles. The number of nitrogens with zero attached hydrogens (tertiary/aromatic N) is 4. The van der Waals surface area contributed by atoms with Crippen LogP contribution in [0, 0.1) is 6.92 Å². The van der Waals surface area contributed by atoms with E-state index >= 15 is 0 Å². The van der Waals surface area contributed by atoms with Crippen LogP contribution in [0.1, 0.15) is 57.4 Å². The summed E-state index contributed by atoms with van der Waals surface area (Å²) in [5.41, 5.74) is 3.77. The third-order valence-corrected chi connectivity index (χ3v) is 13.3. The SMILES string of the molecule is COc1ccc(COc2nc(-c3cncn3CCO[Si](c3ccccc3)(c3ccccc3)C(C)(C)C)nc(C)c2C(C)C)cc1. The van der Waals surface area contributed by atoms with Gasteiger partial charge in [0.25, 0.3) is 8.32 Å². The molecule has 0 amide bonds. The number of imidazole rings is 1. The van der Waals surface area contributed by atoms with Gasteiger partial charge >= 0.3 is 0 Å². The summed E-state index contributed by atoms with van der Waals surface area (Å²) in [6.45, 7) is 14.7. The number of aromatic nitrogens is 4. The molecule has 0 saturated heterocycles. The minimum Gasteiger partial charge on any atom is -0.497 e. The fourth-order valence-corrected chi connectivity index (χ4v) is 10.6. The first-order chi connectivity index (χ1) is 21.6. The Morgan fingerprint density at radius 1 is 0.844 bits per heavy atom. The van der Waals surface area contributed by atoms with Crippen LogP contribution < -0.4 is 19.8 Å². The van der Waals surface area contributed by atoms with Gasteiger partial charge in [-0.1, -0.05) is 107 Å². The van der Waals surface area contributed by atoms with E-state index in [1.807, 2.05) is 43.7 Å². The number of aryl methyl sites for hydroxylation is 1. The molecule has 0 aliphatic heterocycles. The molecule has 234 valence electrons. The van der Waals surface area contributed by atoms with Crippen molar-refractivity contribution in [1.29, 1.82) is 0 Å². The van der Waals surface area contributed by atoms with Gasteiger partial charge in [0.2, 0.25) is 5.88 Å². The molecule has 2 aromatic heterocycles. The van der Waals surface area contributed by atoms with Crippen LogP contribution >= 0.6 is 0 Å². The number of methoxy groups -OCH3 is 1. The van der Waals surface area contributed by atoms with Crippen LogP contribution in [0.5, 0.6) is 11.6 Å². The number of ether oxygens (including phenoxy) is 2. The van der Waals surface area contributed by atoms with Gasteiger partial charge in [0, 0.05) is 17.8 Å². The highest BCUT2D eigenvalue weighted by Crippen LogP contribution is 2.37. The molecule has 7 nitrogen and oxygen atoms in total. The van der Waals surface area contributed by atoms with Gasteiger partial charge in [-0.25, -0.2) is 9.97 Å². The summed E-state index contributed by atoms with van der Waals surface area (Å²) in [6, 6.07) is 29.3. The molecule has 0 unspecified atom stereocenters. The van der Waals surface area contributed by atoms with Crippen molar-refractivity contribution in [2.45, 2.75) is 65.7 Å². The van der Waals surface area contributed by atoms with E-state index in [9.17, 15) is 0 Å². The van der Waals surface area contributed by atoms with Crippen LogP contribution in [0.4, 0.5) is 0 Å². The number of benzene rings is 3. The standard InChI is InChI=1S/C37H44N4O3Si/c1-27(2)34-28(3)39-35(40-36(34)43-25-29-18-20-30(42-7)21-19-29)33-24-38-26-41(33)22-23-44-45(37(4,5)6,31-14-10-8-11-15-31)32-16-12-9-13-17-32/h8-21,24,26-27H,22-23,25H2,1-7H3. The maximum atomic E-state index is 7.15. The highest BCUT2D eigenvalue weighted by molar-refractivity contribution is 6.99. The minimum atomic E-state index is -2.66. The highest BCUT2D eigenvalue weighted by Gasteiger charge is 2.50. The van der Waals surface area contributed by atoms with Crippen LogP contribution in [0.2, 0.25) is 5.04 Å². The van der Waals surface area contributed by atoms with Gasteiger partial charge in [-0.3, -0.25) is 0 Å². The van der Waals surface area contributed by atoms with Crippen LogP contribution in [0.3, 0.4) is 0 Å². The first kappa shape index (κ1) is 32.1. The zero-order valence-electron chi connectivity index (χ0n) is 27.4. The Kier molecular flexibility index (Phi) is 9.85. The smallest absolute Gasteiger partial charge is 0.261 e. The first-order valence-corrected chi connectivity index (χ1v) is 17.4. The third-order valence-electron chi connectivity index (χ3n) is 8.22. The molecule has 0 spiro atoms. The Hall–Kier alpha value is -4.27. The lowest BCUT2D eigenvalue weighted by molar-refractivity contribution is 0.280. The van der Waals surface area contributed by atoms with Crippen molar-refractivity contribution in [3.05, 3.63) is 114 Å². The van der Waals surface area contributed by atoms with Gasteiger partial charge < -0.3 is 18.5 Å². The van der Waals surface area contributed by atoms with E-state index < -0.39 is 8.32 Å². The van der Waals surface area contributed by atoms with Crippen molar-refractivity contribution < 1.29 is 13.9 Å². The van der Waals surface area contributed by atoms with Crippen LogP contribution in [-0.2, 0) is 17.6 Å². The Bertz CT molecular complexity index is 1640. The number of hydrogen-bond donors (Lipinski definition) is 0. The Morgan fingerprint density at radius 3 is 2.02 bits per heavy atom. The molecule has 0 aliphatic rings. The molecule has 0 radical (unpaired) electrons. The molecule has 5 rings (SSSR count). The fourth-order valence-electron chi connectivity index (χ4n) is 6.06. The summed E-state index contributed by atoms with van der Waals surface area (Å²) in [4.78, 5) is 14.4. The lowest BCUT2D eigenvalue weighted by Crippen LogP contribution is -2.66. The summed E-state index contributed by atoms with van der Waals surface area (Å²) in [6.07, 6.45) is 3.65. The van der Waals surface area contributed by atoms with Crippen molar-refractivity contribution in [3.8, 4) is 23.1 Å². The third kappa shape index (κ3) is 6.87. The monoisotopic (exact) mass is 620 g/mol. The van der Waals surface area contributed by atoms with E-state index in [-0.39, 0.29) is 11.0 Å². The molecule has 0 saturated carbocycles. The maximum Gasteiger partial charge on any atom is 0.261 e. The normalized spacial score (nSPS) is 12.0. The lowest BCUT2D eigenvalue weighted by atomic mass is 10.0. The van der Waals surface area contributed by atoms with Gasteiger partial charge in [-0.05, 0) is 45.9 Å². The summed E-state index contributed by atoms with van der Waals surface area (Å²) >= 11 is 0. The van der Waals surface area contributed by atoms with Crippen molar-refractivity contribution >= 4 is 18.7 Å². The molecule has 45 heavy (non-hydrogen) atoms. The van der Waals surface area contributed by atoms with E-state index in [1.54, 1.807) is 7.11 Å². The van der Waals surface area contributed by atoms with Crippen LogP contribution in [0.15, 0.2) is 97.5 Å². The molecule has 8 heteroatoms. The number of rotatable bonds is 12. The van der Waals surface area contributed by atoms with Crippen molar-refractivity contribution in [2.75, 3.05) is 13.7 Å². The molecule has 0 bridgehead atoms. The molecular formula is C37H44N4O3Si. The fraction of sp³-hybridized carbons (Fsp3) is 0.324. The summed E-state index contributed by atoms with van der Waals surface area (Å²) in [5.74, 6) is 2.20. The summed E-state index contributed by atoms with van der Waals surface area (Å²) in [7, 11) is -0.995. The second-order valence-corrected chi connectivity index (χ2v) is 16.9. The molecule has 5 aromatic rings. The topological polar surface area (TPSA) is 71.3 Å². The van der Waals surface area contributed by atoms with Gasteiger partial charge in [0.05, 0.1) is 26.2 Å². The van der Waals surface area contributed by atoms with Crippen molar-refractivity contribution in [3.63, 3.8) is 0 Å². The summed E-state index contributed by atoms with van der Waals surface area (Å²) in [5, 5.41) is 2.42. The van der Waals surface area contributed by atoms with E-state index in [2.05, 4.69) is 105 Å². The first-order valence-electron chi connectivity index (χ1n) is 15.5. The zero-order valence-corrected chi connectivity index (χ0v) is 28.4. The van der Waals surface area contributed by atoms with E-state index in [0.717, 1.165) is 28.3 Å². The average Bonchev–Trinajstić information content (AvgIpc) is 3.51. The number of hydrogen-bond acceptors (Lipinski definition) is 6. The van der Waals surface area contributed by atoms with Crippen molar-refractivity contribution in [1.82, 2.24) is 19.5 Å². The van der Waals surface area contributed by atoms with E-state index in [0.29, 0.717) is 31.5 Å². The van der Waals surface area contributed by atoms with E-state index in [1.165, 1.54) is 10.4 Å². The van der Waals surface area contributed by atoms with Gasteiger partial charge in [-0.2, -0.15) is 4.98 Å². The second-order valence-electron chi connectivity index (χ2n) is 12.6. The predicted octanol–water partition coefficient (Wildman–Crippen LogP) is 6.94. The molecule has 0 aliphatic carbocycles. The molecule has 0 atom stereocenters. The van der Waals surface area contributed by atoms with Gasteiger partial charge in [0.15, 0.2) is 5.82 Å². The van der Waals surface area contributed by atoms with Gasteiger partial charge in [-0.15, -0.1) is 0 Å². The second kappa shape index (κ2) is 13.8. The molecule has 0 fully saturated rings. The summed E-state index contributed by atoms with van der Waals surface area (Å²) < 4.78 is 20.9. The zero-order chi connectivity index (χ0) is 32.0. The molecular weight excluding hydrogens is 577 g/mol. The average molecular weight is 621 g/mol. The largest absolute Gasteiger partial charge is 0.497 e. The van der Waals surface area contributed by atoms with Crippen LogP contribution in [0.25, 0.3) is 11.5 Å². The lowest BCUT2D eigenvalue weighted by Gasteiger charge is -2.43. The Labute approximate surface area is 268 Å². The molecule has 3 aromatic carbocycles. The maximum absolute atomic E-state index is 7.15. The Morgan fingerprint density at radius 2 is 1.47 bits per heavy atom. The van der Waals surface area contributed by atoms with Crippen LogP contribution in [-0.4, -0.2) is 41.6 Å². The van der Waals surface area contributed by atoms with E-state index in [4.69, 9.17) is 23.9 Å². The minimum absolute atomic E-state index is 0.101. The quantitative estimate of drug-likeness (QED) is 0.141. The Balaban J connectivity index is 1.42. The predicted molar refractivity (Wildman–Crippen MR) is 183 cm³/mol. The van der Waals surface area contributed by atoms with Crippen molar-refractivity contribution in [2.24, 2.45) is 0 Å². The highest BCUT2D eigenvalue weighted by atomic mass is 28.4. The van der Waals surface area contributed by atoms with Gasteiger partial charge in [0.1, 0.15) is 18.1 Å². The molecule has 0 N–H and O–H groups in total.